The number of aromatic nitrogens is 2. The Bertz CT molecular complexity index is 705. The van der Waals surface area contributed by atoms with Crippen molar-refractivity contribution in [3.8, 4) is 0 Å². The van der Waals surface area contributed by atoms with E-state index < -0.39 is 0 Å². The highest BCUT2D eigenvalue weighted by molar-refractivity contribution is 5.78. The van der Waals surface area contributed by atoms with Crippen LogP contribution in [0.25, 0.3) is 11.0 Å². The van der Waals surface area contributed by atoms with Gasteiger partial charge in [0.1, 0.15) is 11.5 Å². The molecule has 2 heterocycles. The number of hydrogen-bond donors (Lipinski definition) is 1. The Morgan fingerprint density at radius 2 is 1.84 bits per heavy atom. The second-order valence-electron chi connectivity index (χ2n) is 4.57. The van der Waals surface area contributed by atoms with Crippen molar-refractivity contribution in [2.24, 2.45) is 0 Å². The lowest BCUT2D eigenvalue weighted by Gasteiger charge is -2.13. The normalized spacial score (nSPS) is 12.5. The van der Waals surface area contributed by atoms with E-state index in [9.17, 15) is 0 Å². The van der Waals surface area contributed by atoms with Crippen LogP contribution in [0.3, 0.4) is 0 Å². The van der Waals surface area contributed by atoms with E-state index in [1.54, 1.807) is 12.4 Å². The standard InChI is InChI=1S/C15H15N3O/c1-10-3-6-15(19-10)11(2)18-12-4-5-13-14(9-12)17-8-7-16-13/h3-9,11,18H,1-2H3. The number of nitrogens with zero attached hydrogens (tertiary/aromatic N) is 2. The number of furan rings is 1. The summed E-state index contributed by atoms with van der Waals surface area (Å²) >= 11 is 0. The summed E-state index contributed by atoms with van der Waals surface area (Å²) in [5, 5.41) is 3.40. The number of rotatable bonds is 3. The van der Waals surface area contributed by atoms with Crippen LogP contribution in [-0.2, 0) is 0 Å². The topological polar surface area (TPSA) is 51.0 Å². The van der Waals surface area contributed by atoms with Crippen LogP contribution in [0.2, 0.25) is 0 Å². The molecular weight excluding hydrogens is 238 g/mol. The summed E-state index contributed by atoms with van der Waals surface area (Å²) in [7, 11) is 0. The van der Waals surface area contributed by atoms with Gasteiger partial charge in [-0.1, -0.05) is 0 Å². The van der Waals surface area contributed by atoms with Crippen LogP contribution >= 0.6 is 0 Å². The summed E-state index contributed by atoms with van der Waals surface area (Å²) in [5.41, 5.74) is 2.79. The van der Waals surface area contributed by atoms with Crippen molar-refractivity contribution < 1.29 is 4.42 Å². The first kappa shape index (κ1) is 11.7. The van der Waals surface area contributed by atoms with Gasteiger partial charge in [-0.05, 0) is 44.2 Å². The molecule has 1 aromatic carbocycles. The van der Waals surface area contributed by atoms with E-state index in [0.29, 0.717) is 0 Å². The van der Waals surface area contributed by atoms with Gasteiger partial charge in [-0.2, -0.15) is 0 Å². The second kappa shape index (κ2) is 4.72. The van der Waals surface area contributed by atoms with Gasteiger partial charge in [0.25, 0.3) is 0 Å². The molecule has 1 atom stereocenters. The highest BCUT2D eigenvalue weighted by Crippen LogP contribution is 2.22. The maximum atomic E-state index is 5.61. The molecule has 0 aliphatic carbocycles. The zero-order valence-electron chi connectivity index (χ0n) is 10.9. The zero-order valence-corrected chi connectivity index (χ0v) is 10.9. The molecule has 0 radical (unpaired) electrons. The van der Waals surface area contributed by atoms with E-state index in [2.05, 4.69) is 22.2 Å². The minimum Gasteiger partial charge on any atom is -0.464 e. The maximum Gasteiger partial charge on any atom is 0.126 e. The SMILES string of the molecule is Cc1ccc(C(C)Nc2ccc3nccnc3c2)o1. The number of aryl methyl sites for hydroxylation is 1. The van der Waals surface area contributed by atoms with Crippen molar-refractivity contribution in [2.45, 2.75) is 19.9 Å². The molecular formula is C15H15N3O. The third-order valence-corrected chi connectivity index (χ3v) is 3.04. The molecule has 0 saturated carbocycles. The molecule has 0 spiro atoms. The number of anilines is 1. The lowest BCUT2D eigenvalue weighted by atomic mass is 10.2. The Morgan fingerprint density at radius 3 is 2.58 bits per heavy atom. The van der Waals surface area contributed by atoms with Crippen molar-refractivity contribution in [3.63, 3.8) is 0 Å². The summed E-state index contributed by atoms with van der Waals surface area (Å²) in [4.78, 5) is 8.55. The first-order chi connectivity index (χ1) is 9.22. The number of nitrogens with one attached hydrogen (secondary N) is 1. The smallest absolute Gasteiger partial charge is 0.126 e. The molecule has 1 N–H and O–H groups in total. The second-order valence-corrected chi connectivity index (χ2v) is 4.57. The van der Waals surface area contributed by atoms with E-state index in [1.165, 1.54) is 0 Å². The Balaban J connectivity index is 1.84. The number of benzene rings is 1. The van der Waals surface area contributed by atoms with E-state index in [4.69, 9.17) is 4.42 Å². The minimum atomic E-state index is 0.114. The molecule has 0 aliphatic heterocycles. The van der Waals surface area contributed by atoms with Crippen molar-refractivity contribution in [1.29, 1.82) is 0 Å². The fourth-order valence-electron chi connectivity index (χ4n) is 2.06. The average molecular weight is 253 g/mol. The van der Waals surface area contributed by atoms with Gasteiger partial charge in [0, 0.05) is 18.1 Å². The summed E-state index contributed by atoms with van der Waals surface area (Å²) in [6, 6.07) is 10.0. The Hall–Kier alpha value is -2.36. The quantitative estimate of drug-likeness (QED) is 0.773. The summed E-state index contributed by atoms with van der Waals surface area (Å²) in [6.07, 6.45) is 3.40. The number of hydrogen-bond acceptors (Lipinski definition) is 4. The molecule has 1 unspecified atom stereocenters. The average Bonchev–Trinajstić information content (AvgIpc) is 2.85. The van der Waals surface area contributed by atoms with Crippen molar-refractivity contribution >= 4 is 16.7 Å². The zero-order chi connectivity index (χ0) is 13.2. The first-order valence-corrected chi connectivity index (χ1v) is 6.26. The molecule has 0 aliphatic rings. The van der Waals surface area contributed by atoms with Crippen LogP contribution < -0.4 is 5.32 Å². The van der Waals surface area contributed by atoms with Crippen molar-refractivity contribution in [3.05, 3.63) is 54.2 Å². The molecule has 19 heavy (non-hydrogen) atoms. The molecule has 3 aromatic rings. The molecule has 0 amide bonds. The van der Waals surface area contributed by atoms with Crippen LogP contribution in [0.15, 0.2) is 47.1 Å². The van der Waals surface area contributed by atoms with E-state index in [-0.39, 0.29) is 6.04 Å². The predicted octanol–water partition coefficient (Wildman–Crippen LogP) is 3.70. The third kappa shape index (κ3) is 2.42. The van der Waals surface area contributed by atoms with Crippen LogP contribution in [0.4, 0.5) is 5.69 Å². The van der Waals surface area contributed by atoms with Crippen LogP contribution in [0.5, 0.6) is 0 Å². The van der Waals surface area contributed by atoms with Crippen LogP contribution in [0, 0.1) is 6.92 Å². The van der Waals surface area contributed by atoms with E-state index in [0.717, 1.165) is 28.2 Å². The molecule has 96 valence electrons. The van der Waals surface area contributed by atoms with Gasteiger partial charge in [-0.25, -0.2) is 0 Å². The predicted molar refractivity (Wildman–Crippen MR) is 75.0 cm³/mol. The Labute approximate surface area is 111 Å². The summed E-state index contributed by atoms with van der Waals surface area (Å²) in [5.74, 6) is 1.85. The van der Waals surface area contributed by atoms with Gasteiger partial charge in [0.15, 0.2) is 0 Å². The van der Waals surface area contributed by atoms with Crippen LogP contribution in [0.1, 0.15) is 24.5 Å². The lowest BCUT2D eigenvalue weighted by Crippen LogP contribution is -2.05. The fourth-order valence-corrected chi connectivity index (χ4v) is 2.06. The highest BCUT2D eigenvalue weighted by atomic mass is 16.3. The molecule has 3 rings (SSSR count). The largest absolute Gasteiger partial charge is 0.464 e. The molecule has 0 fully saturated rings. The molecule has 0 saturated heterocycles. The first-order valence-electron chi connectivity index (χ1n) is 6.26. The number of fused-ring (bicyclic) bond motifs is 1. The van der Waals surface area contributed by atoms with Gasteiger partial charge >= 0.3 is 0 Å². The minimum absolute atomic E-state index is 0.114. The monoisotopic (exact) mass is 253 g/mol. The van der Waals surface area contributed by atoms with Gasteiger partial charge in [0.2, 0.25) is 0 Å². The lowest BCUT2D eigenvalue weighted by molar-refractivity contribution is 0.467. The summed E-state index contributed by atoms with van der Waals surface area (Å²) in [6.45, 7) is 4.01. The fraction of sp³-hybridized carbons (Fsp3) is 0.200. The van der Waals surface area contributed by atoms with Gasteiger partial charge in [-0.3, -0.25) is 9.97 Å². The third-order valence-electron chi connectivity index (χ3n) is 3.04. The maximum absolute atomic E-state index is 5.61. The van der Waals surface area contributed by atoms with E-state index in [1.807, 2.05) is 37.3 Å². The van der Waals surface area contributed by atoms with Gasteiger partial charge in [-0.15, -0.1) is 0 Å². The van der Waals surface area contributed by atoms with Crippen molar-refractivity contribution in [1.82, 2.24) is 9.97 Å². The summed E-state index contributed by atoms with van der Waals surface area (Å²) < 4.78 is 5.61. The Morgan fingerprint density at radius 1 is 1.05 bits per heavy atom. The van der Waals surface area contributed by atoms with E-state index >= 15 is 0 Å². The van der Waals surface area contributed by atoms with Gasteiger partial charge < -0.3 is 9.73 Å². The molecule has 4 heteroatoms. The van der Waals surface area contributed by atoms with Gasteiger partial charge in [0.05, 0.1) is 17.1 Å². The molecule has 4 nitrogen and oxygen atoms in total. The molecule has 2 aromatic heterocycles. The van der Waals surface area contributed by atoms with Crippen molar-refractivity contribution in [2.75, 3.05) is 5.32 Å². The van der Waals surface area contributed by atoms with Crippen LogP contribution in [-0.4, -0.2) is 9.97 Å². The Kier molecular flexibility index (Phi) is 2.91. The highest BCUT2D eigenvalue weighted by Gasteiger charge is 2.09. The molecule has 0 bridgehead atoms.